The second-order valence-corrected chi connectivity index (χ2v) is 6.60. The minimum atomic E-state index is 0.0164. The Balaban J connectivity index is 2.15. The van der Waals surface area contributed by atoms with Crippen molar-refractivity contribution in [2.75, 3.05) is 6.61 Å². The van der Waals surface area contributed by atoms with Gasteiger partial charge in [0.15, 0.2) is 0 Å². The van der Waals surface area contributed by atoms with E-state index in [2.05, 4.69) is 6.92 Å². The van der Waals surface area contributed by atoms with Crippen molar-refractivity contribution in [2.24, 2.45) is 0 Å². The minimum absolute atomic E-state index is 0.0164. The molecular weight excluding hydrogens is 315 g/mol. The monoisotopic (exact) mass is 333 g/mol. The maximum absolute atomic E-state index is 12.4. The molecule has 0 radical (unpaired) electrons. The summed E-state index contributed by atoms with van der Waals surface area (Å²) in [4.78, 5) is 0. The largest absolute Gasteiger partial charge is 0.823 e. The van der Waals surface area contributed by atoms with Gasteiger partial charge in [-0.2, -0.15) is 0 Å². The van der Waals surface area contributed by atoms with Crippen LogP contribution in [-0.4, -0.2) is 12.1 Å². The van der Waals surface area contributed by atoms with Crippen molar-refractivity contribution in [1.29, 1.82) is 0 Å². The van der Waals surface area contributed by atoms with Gasteiger partial charge in [-0.25, -0.2) is 0 Å². The fraction of sp³-hybridized carbons (Fsp3) is 0.278. The highest BCUT2D eigenvalue weighted by molar-refractivity contribution is 7.49. The fourth-order valence-electron chi connectivity index (χ4n) is 2.03. The third-order valence-electron chi connectivity index (χ3n) is 3.27. The van der Waals surface area contributed by atoms with Gasteiger partial charge < -0.3 is 9.84 Å². The molecule has 0 aromatic heterocycles. The molecule has 2 nitrogen and oxygen atoms in total. The summed E-state index contributed by atoms with van der Waals surface area (Å²) < 4.78 is 5.62. The molecular formula is C18H19ClO2P-. The van der Waals surface area contributed by atoms with Crippen LogP contribution in [0, 0.1) is 6.92 Å². The van der Waals surface area contributed by atoms with Crippen LogP contribution in [0.25, 0.3) is 0 Å². The number of halogens is 1. The summed E-state index contributed by atoms with van der Waals surface area (Å²) in [5.74, 6) is 0.841. The van der Waals surface area contributed by atoms with E-state index >= 15 is 0 Å². The van der Waals surface area contributed by atoms with E-state index in [1.807, 2.05) is 43.3 Å². The van der Waals surface area contributed by atoms with Crippen molar-refractivity contribution in [3.8, 4) is 5.75 Å². The Morgan fingerprint density at radius 2 is 1.91 bits per heavy atom. The van der Waals surface area contributed by atoms with Crippen LogP contribution in [0.3, 0.4) is 0 Å². The number of benzene rings is 2. The summed E-state index contributed by atoms with van der Waals surface area (Å²) in [7, 11) is 0.626. The zero-order valence-corrected chi connectivity index (χ0v) is 14.5. The maximum atomic E-state index is 12.4. The summed E-state index contributed by atoms with van der Waals surface area (Å²) in [6.07, 6.45) is 2.16. The molecule has 0 aliphatic rings. The smallest absolute Gasteiger partial charge is 0.119 e. The molecule has 0 spiro atoms. The van der Waals surface area contributed by atoms with Crippen molar-refractivity contribution in [3.63, 3.8) is 0 Å². The van der Waals surface area contributed by atoms with Gasteiger partial charge in [0.1, 0.15) is 5.75 Å². The molecule has 0 amide bonds. The quantitative estimate of drug-likeness (QED) is 0.592. The molecule has 4 heteroatoms. The van der Waals surface area contributed by atoms with E-state index in [0.29, 0.717) is 18.8 Å². The zero-order chi connectivity index (χ0) is 15.9. The number of unbranched alkanes of at least 4 members (excludes halogenated alkanes) is 1. The summed E-state index contributed by atoms with van der Waals surface area (Å²) >= 11 is 6.14. The molecule has 22 heavy (non-hydrogen) atoms. The van der Waals surface area contributed by atoms with Gasteiger partial charge in [-0.3, -0.25) is 0 Å². The molecule has 0 fully saturated rings. The second kappa shape index (κ2) is 8.33. The summed E-state index contributed by atoms with van der Waals surface area (Å²) in [6.45, 7) is 4.76. The Morgan fingerprint density at radius 3 is 2.55 bits per heavy atom. The summed E-state index contributed by atoms with van der Waals surface area (Å²) in [6, 6.07) is 13.2. The fourth-order valence-corrected chi connectivity index (χ4v) is 3.34. The first-order valence-electron chi connectivity index (χ1n) is 7.36. The molecule has 0 aliphatic carbocycles. The Kier molecular flexibility index (Phi) is 6.45. The topological polar surface area (TPSA) is 32.3 Å². The van der Waals surface area contributed by atoms with Crippen LogP contribution in [0.1, 0.15) is 30.9 Å². The predicted octanol–water partition coefficient (Wildman–Crippen LogP) is 3.94. The third-order valence-corrected chi connectivity index (χ3v) is 4.57. The molecule has 0 unspecified atom stereocenters. The predicted molar refractivity (Wildman–Crippen MR) is 93.7 cm³/mol. The Hall–Kier alpha value is -1.34. The van der Waals surface area contributed by atoms with Crippen LogP contribution in [0.15, 0.2) is 42.5 Å². The summed E-state index contributed by atoms with van der Waals surface area (Å²) in [5.41, 5.74) is 1.53. The van der Waals surface area contributed by atoms with Gasteiger partial charge in [-0.1, -0.05) is 45.3 Å². The average molecular weight is 334 g/mol. The standard InChI is InChI=1S/C18H20ClO2P/c1-3-4-12-21-14-8-10-15(11-9-14)22-18(20)17-13(2)6-5-7-16(17)19/h5-11,20H,3-4,12H2,1-2H3/p-1. The first kappa shape index (κ1) is 17.0. The molecule has 0 saturated heterocycles. The lowest BCUT2D eigenvalue weighted by molar-refractivity contribution is -0.207. The van der Waals surface area contributed by atoms with E-state index < -0.39 is 0 Å². The molecule has 0 bridgehead atoms. The Bertz CT molecular complexity index is 630. The normalized spacial score (nSPS) is 11.5. The number of hydrogen-bond donors (Lipinski definition) is 0. The van der Waals surface area contributed by atoms with Crippen LogP contribution in [0.4, 0.5) is 0 Å². The third kappa shape index (κ3) is 4.58. The van der Waals surface area contributed by atoms with Crippen LogP contribution >= 0.6 is 19.8 Å². The average Bonchev–Trinajstić information content (AvgIpc) is 2.49. The van der Waals surface area contributed by atoms with E-state index in [1.54, 1.807) is 6.07 Å². The van der Waals surface area contributed by atoms with Crippen LogP contribution in [0.2, 0.25) is 5.02 Å². The van der Waals surface area contributed by atoms with Crippen LogP contribution in [0.5, 0.6) is 5.75 Å². The van der Waals surface area contributed by atoms with E-state index in [1.165, 1.54) is 0 Å². The van der Waals surface area contributed by atoms with E-state index in [0.717, 1.165) is 36.1 Å². The molecule has 2 rings (SSSR count). The Morgan fingerprint density at radius 1 is 1.18 bits per heavy atom. The first-order chi connectivity index (χ1) is 10.6. The minimum Gasteiger partial charge on any atom is -0.823 e. The maximum Gasteiger partial charge on any atom is 0.119 e. The SMILES string of the molecule is CCCCOc1ccc(P=C([O-])c2c(C)cccc2Cl)cc1. The number of rotatable bonds is 6. The number of aryl methyl sites for hydroxylation is 1. The zero-order valence-electron chi connectivity index (χ0n) is 12.8. The van der Waals surface area contributed by atoms with Gasteiger partial charge in [0.2, 0.25) is 0 Å². The van der Waals surface area contributed by atoms with Gasteiger partial charge in [-0.15, -0.1) is 5.48 Å². The van der Waals surface area contributed by atoms with E-state index in [4.69, 9.17) is 16.3 Å². The van der Waals surface area contributed by atoms with Crippen molar-refractivity contribution >= 4 is 30.6 Å². The van der Waals surface area contributed by atoms with Crippen LogP contribution < -0.4 is 15.1 Å². The van der Waals surface area contributed by atoms with Crippen molar-refractivity contribution in [1.82, 2.24) is 0 Å². The van der Waals surface area contributed by atoms with Crippen molar-refractivity contribution in [2.45, 2.75) is 26.7 Å². The second-order valence-electron chi connectivity index (χ2n) is 5.04. The first-order valence-corrected chi connectivity index (χ1v) is 8.63. The van der Waals surface area contributed by atoms with Gasteiger partial charge in [-0.05, 0) is 54.8 Å². The number of ether oxygens (including phenoxy) is 1. The molecule has 116 valence electrons. The van der Waals surface area contributed by atoms with Gasteiger partial charge in [0.25, 0.3) is 0 Å². The molecule has 0 aliphatic heterocycles. The molecule has 0 atom stereocenters. The van der Waals surface area contributed by atoms with Crippen molar-refractivity contribution < 1.29 is 9.84 Å². The molecule has 2 aromatic rings. The number of hydrogen-bond acceptors (Lipinski definition) is 2. The molecule has 0 heterocycles. The lowest BCUT2D eigenvalue weighted by atomic mass is 10.1. The molecule has 0 saturated carbocycles. The van der Waals surface area contributed by atoms with Gasteiger partial charge in [0, 0.05) is 10.3 Å². The lowest BCUT2D eigenvalue weighted by Gasteiger charge is -2.16. The van der Waals surface area contributed by atoms with Crippen LogP contribution in [-0.2, 0) is 0 Å². The highest BCUT2D eigenvalue weighted by Gasteiger charge is 2.02. The van der Waals surface area contributed by atoms with Gasteiger partial charge in [0.05, 0.1) is 6.61 Å². The highest BCUT2D eigenvalue weighted by atomic mass is 35.5. The Labute approximate surface area is 138 Å². The van der Waals surface area contributed by atoms with E-state index in [-0.39, 0.29) is 5.48 Å². The van der Waals surface area contributed by atoms with Crippen molar-refractivity contribution in [3.05, 3.63) is 58.6 Å². The molecule has 0 N–H and O–H groups in total. The molecule has 2 aromatic carbocycles. The van der Waals surface area contributed by atoms with E-state index in [9.17, 15) is 5.11 Å². The summed E-state index contributed by atoms with van der Waals surface area (Å²) in [5, 5.41) is 13.9. The van der Waals surface area contributed by atoms with Gasteiger partial charge >= 0.3 is 0 Å². The highest BCUT2D eigenvalue weighted by Crippen LogP contribution is 2.21. The lowest BCUT2D eigenvalue weighted by Crippen LogP contribution is -2.19.